The fourth-order valence-corrected chi connectivity index (χ4v) is 4.16. The topological polar surface area (TPSA) is 87.5 Å². The summed E-state index contributed by atoms with van der Waals surface area (Å²) in [4.78, 5) is 12.5. The Hall–Kier alpha value is -2.33. The number of carbonyl (C=O) groups is 1. The number of amides is 1. The summed E-state index contributed by atoms with van der Waals surface area (Å²) < 4.78 is 18.1. The molecule has 0 aliphatic rings. The van der Waals surface area contributed by atoms with Crippen LogP contribution in [0.4, 0.5) is 5.69 Å². The Labute approximate surface area is 210 Å². The highest BCUT2D eigenvalue weighted by molar-refractivity contribution is 7.99. The molecule has 1 aromatic heterocycles. The van der Waals surface area contributed by atoms with Crippen LogP contribution in [0.25, 0.3) is 0 Å². The average Bonchev–Trinajstić information content (AvgIpc) is 3.16. The van der Waals surface area contributed by atoms with Crippen molar-refractivity contribution >= 4 is 58.2 Å². The second-order valence-electron chi connectivity index (χ2n) is 6.76. The van der Waals surface area contributed by atoms with E-state index in [4.69, 9.17) is 49.0 Å². The lowest BCUT2D eigenvalue weighted by Gasteiger charge is -2.15. The van der Waals surface area contributed by atoms with Crippen molar-refractivity contribution in [3.8, 4) is 17.2 Å². The van der Waals surface area contributed by atoms with Gasteiger partial charge in [-0.2, -0.15) is 0 Å². The van der Waals surface area contributed by atoms with Gasteiger partial charge in [0.25, 0.3) is 0 Å². The number of aromatic nitrogens is 3. The van der Waals surface area contributed by atoms with Gasteiger partial charge in [-0.05, 0) is 19.1 Å². The molecular formula is C21H21Cl3N4O4S. The molecule has 1 N–H and O–H groups in total. The maximum Gasteiger partial charge on any atom is 0.234 e. The van der Waals surface area contributed by atoms with E-state index in [1.807, 2.05) is 6.92 Å². The van der Waals surface area contributed by atoms with Crippen molar-refractivity contribution in [2.75, 3.05) is 25.3 Å². The molecule has 3 aromatic rings. The summed E-state index contributed by atoms with van der Waals surface area (Å²) in [5.74, 6) is 1.69. The highest BCUT2D eigenvalue weighted by Crippen LogP contribution is 2.36. The Morgan fingerprint density at radius 1 is 1.06 bits per heavy atom. The second kappa shape index (κ2) is 11.2. The van der Waals surface area contributed by atoms with E-state index in [-0.39, 0.29) is 11.7 Å². The molecule has 1 atom stereocenters. The smallest absolute Gasteiger partial charge is 0.234 e. The van der Waals surface area contributed by atoms with Gasteiger partial charge in [0, 0.05) is 30.3 Å². The lowest BCUT2D eigenvalue weighted by Crippen LogP contribution is -2.15. The predicted molar refractivity (Wildman–Crippen MR) is 130 cm³/mol. The Balaban J connectivity index is 1.65. The zero-order chi connectivity index (χ0) is 24.1. The van der Waals surface area contributed by atoms with E-state index >= 15 is 0 Å². The molecule has 1 amide bonds. The standard InChI is InChI=1S/C21H21Cl3N4O4S/c1-11(32-17-7-12(22)5-6-13(17)23)20-26-27-21(28(20)2)33-10-19(29)25-15-9-16(30-3)14(24)8-18(15)31-4/h5-9,11H,10H2,1-4H3,(H,25,29). The van der Waals surface area contributed by atoms with Gasteiger partial charge in [0.2, 0.25) is 5.91 Å². The van der Waals surface area contributed by atoms with E-state index in [2.05, 4.69) is 15.5 Å². The minimum atomic E-state index is -0.451. The maximum absolute atomic E-state index is 12.5. The first-order chi connectivity index (χ1) is 15.7. The van der Waals surface area contributed by atoms with Crippen LogP contribution >= 0.6 is 46.6 Å². The molecule has 8 nitrogen and oxygen atoms in total. The van der Waals surface area contributed by atoms with Crippen LogP contribution < -0.4 is 19.5 Å². The molecule has 0 radical (unpaired) electrons. The number of benzene rings is 2. The van der Waals surface area contributed by atoms with Crippen LogP contribution in [0.5, 0.6) is 17.2 Å². The summed E-state index contributed by atoms with van der Waals surface area (Å²) in [5.41, 5.74) is 0.448. The molecule has 0 bridgehead atoms. The van der Waals surface area contributed by atoms with E-state index in [0.29, 0.717) is 49.0 Å². The molecule has 0 saturated carbocycles. The number of thioether (sulfide) groups is 1. The van der Waals surface area contributed by atoms with Crippen LogP contribution in [0.3, 0.4) is 0 Å². The van der Waals surface area contributed by atoms with Crippen molar-refractivity contribution in [2.45, 2.75) is 18.2 Å². The van der Waals surface area contributed by atoms with Crippen molar-refractivity contribution < 1.29 is 19.0 Å². The van der Waals surface area contributed by atoms with Gasteiger partial charge in [-0.25, -0.2) is 0 Å². The molecule has 0 spiro atoms. The van der Waals surface area contributed by atoms with E-state index in [1.54, 1.807) is 41.9 Å². The summed E-state index contributed by atoms with van der Waals surface area (Å²) >= 11 is 19.5. The van der Waals surface area contributed by atoms with Gasteiger partial charge >= 0.3 is 0 Å². The first kappa shape index (κ1) is 25.3. The third-order valence-corrected chi connectivity index (χ3v) is 6.37. The van der Waals surface area contributed by atoms with Gasteiger partial charge in [-0.1, -0.05) is 46.6 Å². The zero-order valence-electron chi connectivity index (χ0n) is 18.2. The van der Waals surface area contributed by atoms with Gasteiger partial charge in [-0.15, -0.1) is 10.2 Å². The van der Waals surface area contributed by atoms with Gasteiger partial charge in [0.05, 0.1) is 35.7 Å². The third kappa shape index (κ3) is 6.17. The van der Waals surface area contributed by atoms with Crippen molar-refractivity contribution in [3.63, 3.8) is 0 Å². The third-order valence-electron chi connectivity index (χ3n) is 4.51. The average molecular weight is 532 g/mol. The number of nitrogens with zero attached hydrogens (tertiary/aromatic N) is 3. The monoisotopic (exact) mass is 530 g/mol. The van der Waals surface area contributed by atoms with Crippen LogP contribution in [-0.4, -0.2) is 40.6 Å². The number of methoxy groups -OCH3 is 2. The summed E-state index contributed by atoms with van der Waals surface area (Å²) in [5, 5.41) is 13.0. The minimum Gasteiger partial charge on any atom is -0.495 e. The number of ether oxygens (including phenoxy) is 3. The minimum absolute atomic E-state index is 0.0927. The lowest BCUT2D eigenvalue weighted by molar-refractivity contribution is -0.113. The molecule has 3 rings (SSSR count). The van der Waals surface area contributed by atoms with Crippen molar-refractivity contribution in [2.24, 2.45) is 7.05 Å². The molecule has 1 unspecified atom stereocenters. The van der Waals surface area contributed by atoms with Crippen molar-refractivity contribution in [1.29, 1.82) is 0 Å². The maximum atomic E-state index is 12.5. The van der Waals surface area contributed by atoms with E-state index in [1.165, 1.54) is 26.0 Å². The molecule has 12 heteroatoms. The van der Waals surface area contributed by atoms with Gasteiger partial charge in [-0.3, -0.25) is 4.79 Å². The van der Waals surface area contributed by atoms with Crippen LogP contribution in [0.2, 0.25) is 15.1 Å². The van der Waals surface area contributed by atoms with E-state index < -0.39 is 6.10 Å². The van der Waals surface area contributed by atoms with Crippen molar-refractivity contribution in [1.82, 2.24) is 14.8 Å². The Morgan fingerprint density at radius 3 is 2.48 bits per heavy atom. The normalized spacial score (nSPS) is 11.7. The largest absolute Gasteiger partial charge is 0.495 e. The number of anilines is 1. The van der Waals surface area contributed by atoms with E-state index in [0.717, 1.165) is 0 Å². The van der Waals surface area contributed by atoms with Crippen LogP contribution in [0, 0.1) is 0 Å². The predicted octanol–water partition coefficient (Wildman–Crippen LogP) is 5.66. The first-order valence-electron chi connectivity index (χ1n) is 9.58. The van der Waals surface area contributed by atoms with Crippen LogP contribution in [0.15, 0.2) is 35.5 Å². The number of carbonyl (C=O) groups excluding carboxylic acids is 1. The highest BCUT2D eigenvalue weighted by atomic mass is 35.5. The molecule has 2 aromatic carbocycles. The number of hydrogen-bond acceptors (Lipinski definition) is 7. The number of hydrogen-bond donors (Lipinski definition) is 1. The summed E-state index contributed by atoms with van der Waals surface area (Å²) in [6.07, 6.45) is -0.451. The number of nitrogens with one attached hydrogen (secondary N) is 1. The van der Waals surface area contributed by atoms with Gasteiger partial charge < -0.3 is 24.1 Å². The Morgan fingerprint density at radius 2 is 1.79 bits per heavy atom. The molecular weight excluding hydrogens is 511 g/mol. The molecule has 1 heterocycles. The molecule has 0 saturated heterocycles. The first-order valence-corrected chi connectivity index (χ1v) is 11.7. The summed E-state index contributed by atoms with van der Waals surface area (Å²) in [6.45, 7) is 1.82. The van der Waals surface area contributed by atoms with E-state index in [9.17, 15) is 4.79 Å². The number of rotatable bonds is 9. The molecule has 0 aliphatic carbocycles. The zero-order valence-corrected chi connectivity index (χ0v) is 21.3. The Bertz CT molecular complexity index is 1160. The van der Waals surface area contributed by atoms with Crippen molar-refractivity contribution in [3.05, 3.63) is 51.2 Å². The van der Waals surface area contributed by atoms with Gasteiger partial charge in [0.15, 0.2) is 17.1 Å². The summed E-state index contributed by atoms with van der Waals surface area (Å²) in [6, 6.07) is 8.15. The fraction of sp³-hybridized carbons (Fsp3) is 0.286. The second-order valence-corrected chi connectivity index (χ2v) is 8.95. The van der Waals surface area contributed by atoms with Gasteiger partial charge in [0.1, 0.15) is 17.2 Å². The number of halogens is 3. The highest BCUT2D eigenvalue weighted by Gasteiger charge is 2.20. The van der Waals surface area contributed by atoms with Crippen LogP contribution in [-0.2, 0) is 11.8 Å². The molecule has 0 fully saturated rings. The van der Waals surface area contributed by atoms with Crippen LogP contribution in [0.1, 0.15) is 18.9 Å². The molecule has 0 aliphatic heterocycles. The molecule has 176 valence electrons. The quantitative estimate of drug-likeness (QED) is 0.356. The lowest BCUT2D eigenvalue weighted by atomic mass is 10.2. The summed E-state index contributed by atoms with van der Waals surface area (Å²) in [7, 11) is 4.78. The Kier molecular flexibility index (Phi) is 8.58. The molecule has 33 heavy (non-hydrogen) atoms. The fourth-order valence-electron chi connectivity index (χ4n) is 2.89. The SMILES string of the molecule is COc1cc(NC(=O)CSc2nnc(C(C)Oc3cc(Cl)ccc3Cl)n2C)c(OC)cc1Cl.